The Morgan fingerprint density at radius 2 is 1.92 bits per heavy atom. The van der Waals surface area contributed by atoms with E-state index in [0.29, 0.717) is 17.9 Å². The van der Waals surface area contributed by atoms with Gasteiger partial charge in [-0.3, -0.25) is 9.69 Å². The van der Waals surface area contributed by atoms with Crippen molar-refractivity contribution in [2.75, 3.05) is 13.2 Å². The highest BCUT2D eigenvalue weighted by Crippen LogP contribution is 2.35. The molecule has 0 bridgehead atoms. The van der Waals surface area contributed by atoms with E-state index in [1.165, 1.54) is 0 Å². The van der Waals surface area contributed by atoms with Crippen molar-refractivity contribution >= 4 is 23.5 Å². The quantitative estimate of drug-likeness (QED) is 0.758. The number of carbonyl (C=O) groups excluding carboxylic acids is 2. The lowest BCUT2D eigenvalue weighted by Gasteiger charge is -2.22. The van der Waals surface area contributed by atoms with E-state index in [1.807, 2.05) is 19.1 Å². The summed E-state index contributed by atoms with van der Waals surface area (Å²) in [5.41, 5.74) is 0.199. The first kappa shape index (κ1) is 18.2. The number of aliphatic hydroxyl groups is 1. The molecule has 1 saturated heterocycles. The highest BCUT2D eigenvalue weighted by Gasteiger charge is 2.52. The van der Waals surface area contributed by atoms with Crippen molar-refractivity contribution in [1.29, 1.82) is 0 Å². The van der Waals surface area contributed by atoms with Crippen molar-refractivity contribution in [2.24, 2.45) is 0 Å². The summed E-state index contributed by atoms with van der Waals surface area (Å²) >= 11 is 5.86. The first-order valence-electron chi connectivity index (χ1n) is 8.60. The Labute approximate surface area is 152 Å². The SMILES string of the molecule is C[C@@H](OC[C@H](O)CN1C(=O)NC2(CCCC2)C1=O)c1ccc(Cl)cc1. The Kier molecular flexibility index (Phi) is 5.32. The average molecular weight is 367 g/mol. The second-order valence-corrected chi connectivity index (χ2v) is 7.25. The lowest BCUT2D eigenvalue weighted by Crippen LogP contribution is -2.45. The maximum atomic E-state index is 12.5. The molecule has 3 amide bonds. The summed E-state index contributed by atoms with van der Waals surface area (Å²) in [6.07, 6.45) is 2.06. The Morgan fingerprint density at radius 3 is 2.56 bits per heavy atom. The molecule has 2 N–H and O–H groups in total. The van der Waals surface area contributed by atoms with E-state index in [4.69, 9.17) is 16.3 Å². The van der Waals surface area contributed by atoms with Crippen LogP contribution in [-0.2, 0) is 9.53 Å². The number of imide groups is 1. The number of hydrogen-bond donors (Lipinski definition) is 2. The second kappa shape index (κ2) is 7.32. The molecule has 0 aromatic heterocycles. The zero-order valence-electron chi connectivity index (χ0n) is 14.2. The number of urea groups is 1. The molecule has 0 radical (unpaired) electrons. The third kappa shape index (κ3) is 3.81. The van der Waals surface area contributed by atoms with Crippen molar-refractivity contribution in [3.8, 4) is 0 Å². The number of carbonyl (C=O) groups is 2. The van der Waals surface area contributed by atoms with Gasteiger partial charge in [0.15, 0.2) is 0 Å². The van der Waals surface area contributed by atoms with Crippen molar-refractivity contribution in [2.45, 2.75) is 50.4 Å². The summed E-state index contributed by atoms with van der Waals surface area (Å²) in [5, 5.41) is 13.6. The van der Waals surface area contributed by atoms with Crippen molar-refractivity contribution < 1.29 is 19.4 Å². The van der Waals surface area contributed by atoms with Gasteiger partial charge in [0.05, 0.1) is 25.4 Å². The largest absolute Gasteiger partial charge is 0.389 e. The van der Waals surface area contributed by atoms with Crippen molar-refractivity contribution in [3.05, 3.63) is 34.9 Å². The van der Waals surface area contributed by atoms with Crippen LogP contribution in [0.25, 0.3) is 0 Å². The average Bonchev–Trinajstić information content (AvgIpc) is 3.14. The Balaban J connectivity index is 1.52. The second-order valence-electron chi connectivity index (χ2n) is 6.82. The topological polar surface area (TPSA) is 78.9 Å². The maximum absolute atomic E-state index is 12.5. The minimum absolute atomic E-state index is 0.0356. The summed E-state index contributed by atoms with van der Waals surface area (Å²) in [7, 11) is 0. The first-order chi connectivity index (χ1) is 11.9. The third-order valence-corrected chi connectivity index (χ3v) is 5.23. The van der Waals surface area contributed by atoms with Gasteiger partial charge in [0, 0.05) is 5.02 Å². The molecule has 2 fully saturated rings. The molecule has 2 aliphatic rings. The van der Waals surface area contributed by atoms with Gasteiger partial charge in [-0.2, -0.15) is 0 Å². The van der Waals surface area contributed by atoms with Crippen molar-refractivity contribution in [1.82, 2.24) is 10.2 Å². The molecule has 0 unspecified atom stereocenters. The smallest absolute Gasteiger partial charge is 0.325 e. The van der Waals surface area contributed by atoms with Crippen LogP contribution < -0.4 is 5.32 Å². The van der Waals surface area contributed by atoms with E-state index >= 15 is 0 Å². The molecular formula is C18H23ClN2O4. The lowest BCUT2D eigenvalue weighted by molar-refractivity contribution is -0.132. The van der Waals surface area contributed by atoms with Gasteiger partial charge >= 0.3 is 6.03 Å². The number of ether oxygens (including phenoxy) is 1. The molecule has 1 aliphatic carbocycles. The van der Waals surface area contributed by atoms with Crippen LogP contribution in [0.5, 0.6) is 0 Å². The monoisotopic (exact) mass is 366 g/mol. The van der Waals surface area contributed by atoms with E-state index in [1.54, 1.807) is 12.1 Å². The van der Waals surface area contributed by atoms with Crippen molar-refractivity contribution in [3.63, 3.8) is 0 Å². The van der Waals surface area contributed by atoms with Gasteiger partial charge in [-0.05, 0) is 37.5 Å². The molecule has 136 valence electrons. The lowest BCUT2D eigenvalue weighted by atomic mass is 9.98. The van der Waals surface area contributed by atoms with Gasteiger partial charge in [-0.1, -0.05) is 36.6 Å². The van der Waals surface area contributed by atoms with E-state index in [0.717, 1.165) is 23.3 Å². The summed E-state index contributed by atoms with van der Waals surface area (Å²) in [4.78, 5) is 25.8. The predicted molar refractivity (Wildman–Crippen MR) is 93.3 cm³/mol. The Morgan fingerprint density at radius 1 is 1.28 bits per heavy atom. The van der Waals surface area contributed by atoms with Gasteiger partial charge in [0.1, 0.15) is 5.54 Å². The first-order valence-corrected chi connectivity index (χ1v) is 8.98. The highest BCUT2D eigenvalue weighted by atomic mass is 35.5. The number of aliphatic hydroxyl groups excluding tert-OH is 1. The molecule has 3 rings (SSSR count). The standard InChI is InChI=1S/C18H23ClN2O4/c1-12(13-4-6-14(19)7-5-13)25-11-15(22)10-21-16(23)18(20-17(21)24)8-2-3-9-18/h4-7,12,15,22H,2-3,8-11H2,1H3,(H,20,24)/t12-,15-/m1/s1. The highest BCUT2D eigenvalue weighted by molar-refractivity contribution is 6.30. The van der Waals surface area contributed by atoms with E-state index in [2.05, 4.69) is 5.32 Å². The predicted octanol–water partition coefficient (Wildman–Crippen LogP) is 2.64. The van der Waals surface area contributed by atoms with E-state index in [9.17, 15) is 14.7 Å². The minimum atomic E-state index is -0.930. The van der Waals surface area contributed by atoms with Gasteiger partial charge < -0.3 is 15.2 Å². The van der Waals surface area contributed by atoms with Crippen LogP contribution in [0.4, 0.5) is 4.79 Å². The fourth-order valence-electron chi connectivity index (χ4n) is 3.51. The van der Waals surface area contributed by atoms with Crippen LogP contribution in [0.3, 0.4) is 0 Å². The third-order valence-electron chi connectivity index (χ3n) is 4.97. The molecule has 2 atom stereocenters. The van der Waals surface area contributed by atoms with Crippen LogP contribution in [0.15, 0.2) is 24.3 Å². The molecule has 1 aromatic carbocycles. The molecular weight excluding hydrogens is 344 g/mol. The van der Waals surface area contributed by atoms with Crippen LogP contribution in [0.2, 0.25) is 5.02 Å². The number of nitrogens with zero attached hydrogens (tertiary/aromatic N) is 1. The number of rotatable bonds is 6. The van der Waals surface area contributed by atoms with Gasteiger partial charge in [-0.15, -0.1) is 0 Å². The van der Waals surface area contributed by atoms with Crippen LogP contribution in [0, 0.1) is 0 Å². The molecule has 7 heteroatoms. The fourth-order valence-corrected chi connectivity index (χ4v) is 3.63. The molecule has 25 heavy (non-hydrogen) atoms. The van der Waals surface area contributed by atoms with E-state index in [-0.39, 0.29) is 25.2 Å². The van der Waals surface area contributed by atoms with Crippen LogP contribution in [0.1, 0.15) is 44.3 Å². The number of halogens is 1. The zero-order valence-corrected chi connectivity index (χ0v) is 15.0. The van der Waals surface area contributed by atoms with Gasteiger partial charge in [0.25, 0.3) is 5.91 Å². The fraction of sp³-hybridized carbons (Fsp3) is 0.556. The number of nitrogens with one attached hydrogen (secondary N) is 1. The van der Waals surface area contributed by atoms with Gasteiger partial charge in [-0.25, -0.2) is 4.79 Å². The Bertz CT molecular complexity index is 643. The number of benzene rings is 1. The summed E-state index contributed by atoms with van der Waals surface area (Å²) in [6.45, 7) is 1.85. The van der Waals surface area contributed by atoms with Gasteiger partial charge in [0.2, 0.25) is 0 Å². The number of β-amino-alcohol motifs (C(OH)–C–C–N with tert-alkyl or cyclic N) is 1. The Hall–Kier alpha value is -1.63. The molecule has 1 heterocycles. The molecule has 6 nitrogen and oxygen atoms in total. The summed E-state index contributed by atoms with van der Waals surface area (Å²) in [5.74, 6) is -0.222. The van der Waals surface area contributed by atoms with Crippen LogP contribution >= 0.6 is 11.6 Å². The zero-order chi connectivity index (χ0) is 18.0. The summed E-state index contributed by atoms with van der Waals surface area (Å²) < 4.78 is 5.66. The number of hydrogen-bond acceptors (Lipinski definition) is 4. The number of amides is 3. The van der Waals surface area contributed by atoms with E-state index < -0.39 is 17.7 Å². The molecule has 1 spiro atoms. The minimum Gasteiger partial charge on any atom is -0.389 e. The van der Waals surface area contributed by atoms with Crippen LogP contribution in [-0.4, -0.2) is 46.7 Å². The molecule has 1 aliphatic heterocycles. The molecule has 1 aromatic rings. The molecule has 1 saturated carbocycles. The summed E-state index contributed by atoms with van der Waals surface area (Å²) in [6, 6.07) is 6.86. The normalized spacial score (nSPS) is 21.6. The maximum Gasteiger partial charge on any atom is 0.325 e.